The number of carbonyl (C=O) groups is 2. The zero-order valence-electron chi connectivity index (χ0n) is 19.1. The lowest BCUT2D eigenvalue weighted by Crippen LogP contribution is -2.73. The highest BCUT2D eigenvalue weighted by atomic mass is 28.3. The van der Waals surface area contributed by atoms with Gasteiger partial charge in [0, 0.05) is 0 Å². The number of hydrogen-bond donors (Lipinski definition) is 0. The molecule has 4 aromatic rings. The average Bonchev–Trinajstić information content (AvgIpc) is 2.89. The molecule has 0 radical (unpaired) electrons. The maximum absolute atomic E-state index is 14.6. The number of benzene rings is 4. The van der Waals surface area contributed by atoms with Gasteiger partial charge in [-0.2, -0.15) is 0 Å². The highest BCUT2D eigenvalue weighted by Gasteiger charge is 2.48. The molecule has 3 heteroatoms. The molecule has 0 saturated carbocycles. The van der Waals surface area contributed by atoms with E-state index >= 15 is 0 Å². The Kier molecular flexibility index (Phi) is 7.26. The van der Waals surface area contributed by atoms with Crippen molar-refractivity contribution in [1.29, 1.82) is 0 Å². The van der Waals surface area contributed by atoms with Crippen LogP contribution >= 0.6 is 0 Å². The molecule has 0 aliphatic rings. The summed E-state index contributed by atoms with van der Waals surface area (Å²) in [6.07, 6.45) is 5.38. The Hall–Kier alpha value is -4.08. The summed E-state index contributed by atoms with van der Waals surface area (Å²) in [6, 6.07) is 39.5. The van der Waals surface area contributed by atoms with Gasteiger partial charge in [-0.1, -0.05) is 133 Å². The van der Waals surface area contributed by atoms with E-state index in [4.69, 9.17) is 0 Å². The Morgan fingerprint density at radius 2 is 0.971 bits per heavy atom. The number of allylic oxidation sites excluding steroid dienone is 3. The average molecular weight is 459 g/mol. The van der Waals surface area contributed by atoms with Gasteiger partial charge in [0.15, 0.2) is 11.2 Å². The van der Waals surface area contributed by atoms with Crippen LogP contribution in [0.2, 0.25) is 0 Å². The molecule has 0 spiro atoms. The van der Waals surface area contributed by atoms with E-state index in [0.717, 1.165) is 21.1 Å². The van der Waals surface area contributed by atoms with E-state index in [1.807, 2.05) is 127 Å². The molecule has 2 nitrogen and oxygen atoms in total. The second-order valence-corrected chi connectivity index (χ2v) is 11.8. The van der Waals surface area contributed by atoms with Crippen molar-refractivity contribution in [3.8, 4) is 0 Å². The summed E-state index contributed by atoms with van der Waals surface area (Å²) in [7, 11) is -3.24. The molecular formula is C31H26O2Si. The molecule has 166 valence electrons. The van der Waals surface area contributed by atoms with Crippen LogP contribution < -0.4 is 15.6 Å². The van der Waals surface area contributed by atoms with Gasteiger partial charge in [-0.25, -0.2) is 0 Å². The first-order valence-electron chi connectivity index (χ1n) is 11.3. The first-order chi connectivity index (χ1) is 16.6. The third-order valence-corrected chi connectivity index (χ3v) is 10.5. The predicted octanol–water partition coefficient (Wildman–Crippen LogP) is 4.49. The quantitative estimate of drug-likeness (QED) is 0.0973. The van der Waals surface area contributed by atoms with Crippen molar-refractivity contribution in [3.63, 3.8) is 0 Å². The van der Waals surface area contributed by atoms with Crippen molar-refractivity contribution in [3.05, 3.63) is 145 Å². The minimum absolute atomic E-state index is 0.110. The van der Waals surface area contributed by atoms with Gasteiger partial charge >= 0.3 is 0 Å². The van der Waals surface area contributed by atoms with Crippen LogP contribution in [0.3, 0.4) is 0 Å². The maximum atomic E-state index is 14.6. The van der Waals surface area contributed by atoms with Gasteiger partial charge in [-0.3, -0.25) is 9.59 Å². The second kappa shape index (κ2) is 10.7. The summed E-state index contributed by atoms with van der Waals surface area (Å²) < 4.78 is 0. The Morgan fingerprint density at radius 1 is 0.588 bits per heavy atom. The minimum Gasteiger partial charge on any atom is -0.299 e. The molecule has 0 atom stereocenters. The summed E-state index contributed by atoms with van der Waals surface area (Å²) >= 11 is 0. The van der Waals surface area contributed by atoms with Crippen LogP contribution in [0.15, 0.2) is 139 Å². The minimum atomic E-state index is -3.24. The molecular weight excluding hydrogens is 432 g/mol. The lowest BCUT2D eigenvalue weighted by Gasteiger charge is -2.32. The molecule has 0 N–H and O–H groups in total. The van der Waals surface area contributed by atoms with E-state index in [9.17, 15) is 9.59 Å². The largest absolute Gasteiger partial charge is 0.299 e. The lowest BCUT2D eigenvalue weighted by molar-refractivity contribution is -0.117. The lowest BCUT2D eigenvalue weighted by atomic mass is 10.1. The highest BCUT2D eigenvalue weighted by molar-refractivity contribution is 7.31. The van der Waals surface area contributed by atoms with Crippen molar-refractivity contribution in [1.82, 2.24) is 0 Å². The van der Waals surface area contributed by atoms with Gasteiger partial charge in [0.2, 0.25) is 8.07 Å². The predicted molar refractivity (Wildman–Crippen MR) is 143 cm³/mol. The van der Waals surface area contributed by atoms with E-state index in [2.05, 4.69) is 0 Å². The van der Waals surface area contributed by atoms with E-state index in [-0.39, 0.29) is 16.8 Å². The standard InChI is InChI=1S/C31H26O2Si/c1-25(32)30(24-14-17-26-15-6-2-7-16-26)31(33)34(27-18-8-3-9-19-27,28-20-10-4-11-21-28)29-22-12-5-13-23-29/h2-24H,1H3/b17-14+,30-24+. The smallest absolute Gasteiger partial charge is 0.230 e. The summed E-state index contributed by atoms with van der Waals surface area (Å²) in [5, 5.41) is 2.76. The van der Waals surface area contributed by atoms with Crippen molar-refractivity contribution < 1.29 is 9.59 Å². The van der Waals surface area contributed by atoms with Crippen LogP contribution in [-0.4, -0.2) is 19.3 Å². The number of Topliss-reactive ketones (excluding diaryl/α,β-unsaturated/α-hetero) is 1. The van der Waals surface area contributed by atoms with E-state index in [1.54, 1.807) is 12.2 Å². The monoisotopic (exact) mass is 458 g/mol. The molecule has 4 rings (SSSR count). The van der Waals surface area contributed by atoms with Crippen molar-refractivity contribution >= 4 is 40.9 Å². The van der Waals surface area contributed by atoms with Crippen LogP contribution in [0.1, 0.15) is 12.5 Å². The maximum Gasteiger partial charge on any atom is 0.230 e. The van der Waals surface area contributed by atoms with Crippen LogP contribution in [-0.2, 0) is 9.59 Å². The van der Waals surface area contributed by atoms with E-state index < -0.39 is 8.07 Å². The normalized spacial score (nSPS) is 12.0. The molecule has 34 heavy (non-hydrogen) atoms. The number of carbonyl (C=O) groups excluding carboxylic acids is 2. The summed E-state index contributed by atoms with van der Waals surface area (Å²) in [6.45, 7) is 1.47. The first-order valence-corrected chi connectivity index (χ1v) is 13.3. The summed E-state index contributed by atoms with van der Waals surface area (Å²) in [5.41, 5.74) is 1.22. The van der Waals surface area contributed by atoms with Crippen LogP contribution in [0.25, 0.3) is 6.08 Å². The third-order valence-electron chi connectivity index (χ3n) is 5.94. The van der Waals surface area contributed by atoms with Gasteiger partial charge in [-0.05, 0) is 34.1 Å². The van der Waals surface area contributed by atoms with Gasteiger partial charge < -0.3 is 0 Å². The number of ketones is 1. The van der Waals surface area contributed by atoms with E-state index in [0.29, 0.717) is 0 Å². The Bertz CT molecular complexity index is 1210. The van der Waals surface area contributed by atoms with Gasteiger partial charge in [0.05, 0.1) is 5.57 Å². The Morgan fingerprint density at radius 3 is 1.35 bits per heavy atom. The van der Waals surface area contributed by atoms with Crippen molar-refractivity contribution in [2.45, 2.75) is 6.92 Å². The zero-order valence-corrected chi connectivity index (χ0v) is 20.1. The van der Waals surface area contributed by atoms with Crippen LogP contribution in [0.4, 0.5) is 0 Å². The van der Waals surface area contributed by atoms with Crippen molar-refractivity contribution in [2.75, 3.05) is 0 Å². The molecule has 4 aromatic carbocycles. The fourth-order valence-corrected chi connectivity index (χ4v) is 8.86. The topological polar surface area (TPSA) is 34.1 Å². The number of rotatable bonds is 8. The summed E-state index contributed by atoms with van der Waals surface area (Å²) in [5.74, 6) is -0.234. The molecule has 0 aliphatic carbocycles. The van der Waals surface area contributed by atoms with Crippen LogP contribution in [0, 0.1) is 0 Å². The molecule has 0 aliphatic heterocycles. The Balaban J connectivity index is 1.95. The fourth-order valence-electron chi connectivity index (χ4n) is 4.33. The second-order valence-electron chi connectivity index (χ2n) is 8.08. The van der Waals surface area contributed by atoms with E-state index in [1.165, 1.54) is 6.92 Å². The fraction of sp³-hybridized carbons (Fsp3) is 0.0323. The van der Waals surface area contributed by atoms with Gasteiger partial charge in [-0.15, -0.1) is 0 Å². The molecule has 0 fully saturated rings. The van der Waals surface area contributed by atoms with Gasteiger partial charge in [0.1, 0.15) is 0 Å². The molecule has 0 bridgehead atoms. The highest BCUT2D eigenvalue weighted by Crippen LogP contribution is 2.16. The van der Waals surface area contributed by atoms with Crippen molar-refractivity contribution in [2.24, 2.45) is 0 Å². The molecule has 0 amide bonds. The zero-order chi connectivity index (χ0) is 23.8. The SMILES string of the molecule is CC(=O)/C(=C\C=C\c1ccccc1)C(=O)[Si](c1ccccc1)(c1ccccc1)c1ccccc1. The number of hydrogen-bond acceptors (Lipinski definition) is 2. The molecule has 0 saturated heterocycles. The summed E-state index contributed by atoms with van der Waals surface area (Å²) in [4.78, 5) is 27.5. The molecule has 0 heterocycles. The third kappa shape index (κ3) is 4.66. The first kappa shape index (κ1) is 23.1. The Labute approximate surface area is 201 Å². The molecule has 0 unspecified atom stereocenters. The van der Waals surface area contributed by atoms with Gasteiger partial charge in [0.25, 0.3) is 0 Å². The van der Waals surface area contributed by atoms with Crippen LogP contribution in [0.5, 0.6) is 0 Å². The molecule has 0 aromatic heterocycles.